The van der Waals surface area contributed by atoms with Gasteiger partial charge in [0, 0.05) is 25.5 Å². The number of ether oxygens (including phenoxy) is 2. The highest BCUT2D eigenvalue weighted by Gasteiger charge is 2.65. The molecular weight excluding hydrogens is 524 g/mol. The zero-order chi connectivity index (χ0) is 28.3. The highest BCUT2D eigenvalue weighted by atomic mass is 19.3. The normalized spacial score (nSPS) is 27.0. The summed E-state index contributed by atoms with van der Waals surface area (Å²) < 4.78 is 68.1. The number of hydrogen-bond acceptors (Lipinski definition) is 6. The molecule has 10 nitrogen and oxygen atoms in total. The number of alkyl halides is 4. The third kappa shape index (κ3) is 5.75. The van der Waals surface area contributed by atoms with E-state index in [0.717, 1.165) is 4.90 Å². The van der Waals surface area contributed by atoms with Gasteiger partial charge in [0.15, 0.2) is 5.65 Å². The highest BCUT2D eigenvalue weighted by Crippen LogP contribution is 2.66. The summed E-state index contributed by atoms with van der Waals surface area (Å²) in [6.45, 7) is 3.58. The molecule has 39 heavy (non-hydrogen) atoms. The number of fused-ring (bicyclic) bond motifs is 2. The Labute approximate surface area is 222 Å². The van der Waals surface area contributed by atoms with Crippen LogP contribution in [0.2, 0.25) is 0 Å². The fourth-order valence-corrected chi connectivity index (χ4v) is 5.82. The fourth-order valence-electron chi connectivity index (χ4n) is 5.82. The lowest BCUT2D eigenvalue weighted by molar-refractivity contribution is -0.0509. The minimum absolute atomic E-state index is 0.0581. The maximum absolute atomic E-state index is 14.1. The summed E-state index contributed by atoms with van der Waals surface area (Å²) in [4.78, 5) is 30.7. The van der Waals surface area contributed by atoms with E-state index in [1.807, 2.05) is 0 Å². The first-order valence-corrected chi connectivity index (χ1v) is 12.8. The molecule has 14 heteroatoms. The zero-order valence-electron chi connectivity index (χ0n) is 22.1. The number of imidazole rings is 1. The number of urea groups is 1. The standard InChI is InChI=1S/C25H32F4N6O4/c1-23(2,3)39-22(37)33-20(19-14-6-24(26,27)7-15(14)19)16-9-35-18(32-16)5-13(8-31-35)17(10-38-4)34-12-25(28,29)11-30-21(34)36/h5,8-9,14-15,17,19-20H,6-7,10-12H2,1-4H3,(H,30,36)(H,33,37)/t14-,15+,17-,19?,20-/m1/s1. The molecule has 2 aliphatic carbocycles. The fraction of sp³-hybridized carbons (Fsp3) is 0.680. The molecule has 0 bridgehead atoms. The average Bonchev–Trinajstić information content (AvgIpc) is 3.13. The molecule has 5 rings (SSSR count). The number of amides is 3. The first-order valence-electron chi connectivity index (χ1n) is 12.8. The number of carbonyl (C=O) groups is 2. The van der Waals surface area contributed by atoms with Gasteiger partial charge >= 0.3 is 12.1 Å². The van der Waals surface area contributed by atoms with Crippen molar-refractivity contribution in [3.63, 3.8) is 0 Å². The third-order valence-electron chi connectivity index (χ3n) is 7.45. The molecule has 3 amide bonds. The largest absolute Gasteiger partial charge is 0.444 e. The van der Waals surface area contributed by atoms with Crippen LogP contribution in [0.5, 0.6) is 0 Å². The first-order chi connectivity index (χ1) is 18.2. The van der Waals surface area contributed by atoms with Crippen LogP contribution in [0.3, 0.4) is 0 Å². The van der Waals surface area contributed by atoms with Gasteiger partial charge in [0.05, 0.1) is 49.9 Å². The van der Waals surface area contributed by atoms with Crippen molar-refractivity contribution in [3.05, 3.63) is 29.7 Å². The summed E-state index contributed by atoms with van der Waals surface area (Å²) in [6.07, 6.45) is 1.86. The summed E-state index contributed by atoms with van der Waals surface area (Å²) in [7, 11) is 1.40. The van der Waals surface area contributed by atoms with Gasteiger partial charge in [-0.15, -0.1) is 0 Å². The second-order valence-corrected chi connectivity index (χ2v) is 11.7. The van der Waals surface area contributed by atoms with Crippen molar-refractivity contribution in [2.75, 3.05) is 26.8 Å². The predicted octanol–water partition coefficient (Wildman–Crippen LogP) is 3.93. The van der Waals surface area contributed by atoms with Gasteiger partial charge in [-0.1, -0.05) is 0 Å². The van der Waals surface area contributed by atoms with Crippen LogP contribution in [0.1, 0.15) is 57.0 Å². The van der Waals surface area contributed by atoms with Crippen molar-refractivity contribution in [2.45, 2.75) is 63.1 Å². The molecule has 5 atom stereocenters. The minimum atomic E-state index is -3.11. The number of methoxy groups -OCH3 is 1. The number of hydrogen-bond donors (Lipinski definition) is 2. The van der Waals surface area contributed by atoms with Crippen molar-refractivity contribution < 1.29 is 36.6 Å². The molecule has 0 aromatic carbocycles. The van der Waals surface area contributed by atoms with E-state index in [4.69, 9.17) is 9.47 Å². The number of halogens is 4. The molecule has 3 fully saturated rings. The Hall–Kier alpha value is -3.16. The summed E-state index contributed by atoms with van der Waals surface area (Å²) in [6, 6.07) is -0.588. The van der Waals surface area contributed by atoms with Gasteiger partial charge in [-0.2, -0.15) is 5.10 Å². The summed E-state index contributed by atoms with van der Waals surface area (Å²) >= 11 is 0. The average molecular weight is 557 g/mol. The Morgan fingerprint density at radius 2 is 1.92 bits per heavy atom. The Balaban J connectivity index is 1.44. The number of rotatable bonds is 7. The summed E-state index contributed by atoms with van der Waals surface area (Å²) in [5.74, 6) is -6.57. The van der Waals surface area contributed by atoms with E-state index in [-0.39, 0.29) is 37.2 Å². The third-order valence-corrected chi connectivity index (χ3v) is 7.45. The van der Waals surface area contributed by atoms with E-state index in [1.165, 1.54) is 17.8 Å². The molecular formula is C25H32F4N6O4. The van der Waals surface area contributed by atoms with Gasteiger partial charge in [-0.3, -0.25) is 0 Å². The predicted molar refractivity (Wildman–Crippen MR) is 129 cm³/mol. The molecule has 2 aromatic rings. The zero-order valence-corrected chi connectivity index (χ0v) is 22.1. The second-order valence-electron chi connectivity index (χ2n) is 11.7. The van der Waals surface area contributed by atoms with Gasteiger partial charge < -0.3 is 25.0 Å². The van der Waals surface area contributed by atoms with Gasteiger partial charge in [0.2, 0.25) is 5.92 Å². The van der Waals surface area contributed by atoms with E-state index in [9.17, 15) is 27.2 Å². The van der Waals surface area contributed by atoms with Crippen LogP contribution >= 0.6 is 0 Å². The number of carbonyl (C=O) groups excluding carboxylic acids is 2. The molecule has 214 valence electrons. The lowest BCUT2D eigenvalue weighted by atomic mass is 10.00. The van der Waals surface area contributed by atoms with Crippen LogP contribution in [0.15, 0.2) is 18.5 Å². The Morgan fingerprint density at radius 3 is 2.56 bits per heavy atom. The van der Waals surface area contributed by atoms with Gasteiger partial charge in [0.25, 0.3) is 5.92 Å². The van der Waals surface area contributed by atoms with E-state index in [1.54, 1.807) is 33.0 Å². The molecule has 2 N–H and O–H groups in total. The van der Waals surface area contributed by atoms with Crippen molar-refractivity contribution in [1.29, 1.82) is 0 Å². The maximum Gasteiger partial charge on any atom is 0.408 e. The van der Waals surface area contributed by atoms with Gasteiger partial charge in [0.1, 0.15) is 5.60 Å². The number of nitrogens with zero attached hydrogens (tertiary/aromatic N) is 4. The van der Waals surface area contributed by atoms with Gasteiger partial charge in [-0.05, 0) is 44.6 Å². The molecule has 1 unspecified atom stereocenters. The SMILES string of the molecule is COC[C@H](c1cnn2cc([C@@H](NC(=O)OC(C)(C)C)C3[C@H]4CC(F)(F)C[C@@H]34)nc2c1)N1CC(F)(F)CNC1=O. The Morgan fingerprint density at radius 1 is 1.23 bits per heavy atom. The Bertz CT molecular complexity index is 1250. The lowest BCUT2D eigenvalue weighted by Gasteiger charge is -2.38. The topological polar surface area (TPSA) is 110 Å². The summed E-state index contributed by atoms with van der Waals surface area (Å²) in [5, 5.41) is 9.37. The molecule has 1 aliphatic heterocycles. The van der Waals surface area contributed by atoms with E-state index in [0.29, 0.717) is 16.9 Å². The molecule has 3 aliphatic rings. The lowest BCUT2D eigenvalue weighted by Crippen LogP contribution is -2.58. The van der Waals surface area contributed by atoms with Crippen molar-refractivity contribution >= 4 is 17.8 Å². The van der Waals surface area contributed by atoms with Crippen LogP contribution in [-0.4, -0.2) is 75.9 Å². The molecule has 1 saturated heterocycles. The maximum atomic E-state index is 14.1. The number of nitrogens with one attached hydrogen (secondary N) is 2. The van der Waals surface area contributed by atoms with Crippen LogP contribution < -0.4 is 10.6 Å². The highest BCUT2D eigenvalue weighted by molar-refractivity contribution is 5.76. The number of aromatic nitrogens is 3. The monoisotopic (exact) mass is 556 g/mol. The van der Waals surface area contributed by atoms with Crippen LogP contribution in [0.4, 0.5) is 27.2 Å². The van der Waals surface area contributed by atoms with Crippen LogP contribution in [-0.2, 0) is 9.47 Å². The van der Waals surface area contributed by atoms with E-state index < -0.39 is 54.7 Å². The second kappa shape index (κ2) is 9.49. The van der Waals surface area contributed by atoms with Crippen LogP contribution in [0.25, 0.3) is 5.65 Å². The minimum Gasteiger partial charge on any atom is -0.444 e. The Kier molecular flexibility index (Phi) is 6.67. The van der Waals surface area contributed by atoms with E-state index >= 15 is 0 Å². The van der Waals surface area contributed by atoms with Crippen molar-refractivity contribution in [2.24, 2.45) is 17.8 Å². The molecule has 2 saturated carbocycles. The van der Waals surface area contributed by atoms with Gasteiger partial charge in [-0.25, -0.2) is 36.7 Å². The molecule has 2 aromatic heterocycles. The van der Waals surface area contributed by atoms with Crippen LogP contribution in [0, 0.1) is 17.8 Å². The van der Waals surface area contributed by atoms with Crippen molar-refractivity contribution in [1.82, 2.24) is 30.1 Å². The van der Waals surface area contributed by atoms with E-state index in [2.05, 4.69) is 20.7 Å². The summed E-state index contributed by atoms with van der Waals surface area (Å²) in [5.41, 5.74) is 0.414. The molecule has 0 radical (unpaired) electrons. The quantitative estimate of drug-likeness (QED) is 0.500. The smallest absolute Gasteiger partial charge is 0.408 e. The first kappa shape index (κ1) is 27.4. The molecule has 3 heterocycles. The number of alkyl carbamates (subject to hydrolysis) is 1. The van der Waals surface area contributed by atoms with Crippen molar-refractivity contribution in [3.8, 4) is 0 Å². The molecule has 0 spiro atoms.